The lowest BCUT2D eigenvalue weighted by molar-refractivity contribution is 0.673. The molecule has 0 spiro atoms. The highest BCUT2D eigenvalue weighted by Gasteiger charge is 2.18. The molecule has 2 heterocycles. The predicted octanol–water partition coefficient (Wildman–Crippen LogP) is 11.1. The number of para-hydroxylation sites is 2. The molecule has 0 saturated heterocycles. The van der Waals surface area contributed by atoms with Gasteiger partial charge in [-0.05, 0) is 71.8 Å². The fraction of sp³-hybridized carbons (Fsp3) is 0. The van der Waals surface area contributed by atoms with Crippen molar-refractivity contribution in [2.45, 2.75) is 0 Å². The minimum absolute atomic E-state index is 0.930. The summed E-state index contributed by atoms with van der Waals surface area (Å²) in [7, 11) is 0. The maximum Gasteiger partial charge on any atom is 0.144 e. The summed E-state index contributed by atoms with van der Waals surface area (Å²) in [5, 5.41) is 4.74. The van der Waals surface area contributed by atoms with Crippen LogP contribution in [0.25, 0.3) is 53.2 Å². The Hall–Kier alpha value is -4.86. The average molecular weight is 518 g/mol. The van der Waals surface area contributed by atoms with E-state index in [2.05, 4.69) is 138 Å². The molecule has 0 aliphatic rings. The molecule has 0 saturated carbocycles. The van der Waals surface area contributed by atoms with Gasteiger partial charge in [0.15, 0.2) is 0 Å². The number of nitrogens with zero attached hydrogens (tertiary/aromatic N) is 1. The van der Waals surface area contributed by atoms with Crippen molar-refractivity contribution in [3.8, 4) is 11.1 Å². The molecule has 2 aromatic heterocycles. The van der Waals surface area contributed by atoms with Crippen molar-refractivity contribution in [1.82, 2.24) is 0 Å². The van der Waals surface area contributed by atoms with Gasteiger partial charge in [-0.15, -0.1) is 11.3 Å². The van der Waals surface area contributed by atoms with E-state index in [1.54, 1.807) is 0 Å². The van der Waals surface area contributed by atoms with Crippen LogP contribution in [-0.4, -0.2) is 0 Å². The van der Waals surface area contributed by atoms with E-state index in [-0.39, 0.29) is 0 Å². The third-order valence-electron chi connectivity index (χ3n) is 7.47. The Kier molecular flexibility index (Phi) is 5.04. The molecule has 0 unspecified atom stereocenters. The number of anilines is 3. The SMILES string of the molecule is c1ccc(-c2ccc(N(c3ccccc3)c3ccc4sc5ccc6c7ccccc7oc6c5c4c3)cc2)cc1. The normalized spacial score (nSPS) is 11.6. The molecule has 8 aromatic rings. The van der Waals surface area contributed by atoms with Gasteiger partial charge in [0.25, 0.3) is 0 Å². The van der Waals surface area contributed by atoms with Gasteiger partial charge < -0.3 is 9.32 Å². The molecule has 39 heavy (non-hydrogen) atoms. The summed E-state index contributed by atoms with van der Waals surface area (Å²) in [6.45, 7) is 0. The van der Waals surface area contributed by atoms with Gasteiger partial charge in [-0.3, -0.25) is 0 Å². The quantitative estimate of drug-likeness (QED) is 0.231. The van der Waals surface area contributed by atoms with Crippen molar-refractivity contribution < 1.29 is 4.42 Å². The highest BCUT2D eigenvalue weighted by atomic mass is 32.1. The van der Waals surface area contributed by atoms with Crippen LogP contribution in [0.2, 0.25) is 0 Å². The number of hydrogen-bond acceptors (Lipinski definition) is 3. The third-order valence-corrected chi connectivity index (χ3v) is 8.60. The number of thiophene rings is 1. The van der Waals surface area contributed by atoms with Gasteiger partial charge >= 0.3 is 0 Å². The Morgan fingerprint density at radius 1 is 0.462 bits per heavy atom. The molecular formula is C36H23NOS. The molecule has 6 aromatic carbocycles. The molecule has 0 N–H and O–H groups in total. The number of fused-ring (bicyclic) bond motifs is 7. The zero-order chi connectivity index (χ0) is 25.8. The first-order chi connectivity index (χ1) is 19.3. The Morgan fingerprint density at radius 3 is 1.92 bits per heavy atom. The van der Waals surface area contributed by atoms with Crippen molar-refractivity contribution >= 4 is 70.5 Å². The Bertz CT molecular complexity index is 2110. The molecule has 0 atom stereocenters. The van der Waals surface area contributed by atoms with Crippen LogP contribution in [0.3, 0.4) is 0 Å². The molecule has 8 rings (SSSR count). The molecule has 184 valence electrons. The van der Waals surface area contributed by atoms with Crippen LogP contribution in [-0.2, 0) is 0 Å². The Morgan fingerprint density at radius 2 is 1.10 bits per heavy atom. The fourth-order valence-corrected chi connectivity index (χ4v) is 6.71. The molecule has 0 fully saturated rings. The van der Waals surface area contributed by atoms with Gasteiger partial charge in [0, 0.05) is 48.0 Å². The lowest BCUT2D eigenvalue weighted by Crippen LogP contribution is -2.09. The lowest BCUT2D eigenvalue weighted by atomic mass is 10.0. The fourth-order valence-electron chi connectivity index (χ4n) is 5.63. The second-order valence-corrected chi connectivity index (χ2v) is 10.9. The van der Waals surface area contributed by atoms with E-state index >= 15 is 0 Å². The molecule has 0 radical (unpaired) electrons. The highest BCUT2D eigenvalue weighted by molar-refractivity contribution is 7.26. The maximum absolute atomic E-state index is 6.45. The second kappa shape index (κ2) is 8.87. The summed E-state index contributed by atoms with van der Waals surface area (Å²) in [6.07, 6.45) is 0. The van der Waals surface area contributed by atoms with Crippen LogP contribution < -0.4 is 4.90 Å². The van der Waals surface area contributed by atoms with E-state index in [4.69, 9.17) is 4.42 Å². The van der Waals surface area contributed by atoms with Crippen molar-refractivity contribution in [2.24, 2.45) is 0 Å². The first kappa shape index (κ1) is 22.2. The minimum Gasteiger partial charge on any atom is -0.455 e. The minimum atomic E-state index is 0.930. The van der Waals surface area contributed by atoms with E-state index in [9.17, 15) is 0 Å². The van der Waals surface area contributed by atoms with Crippen LogP contribution in [0.15, 0.2) is 144 Å². The largest absolute Gasteiger partial charge is 0.455 e. The Balaban J connectivity index is 1.33. The van der Waals surface area contributed by atoms with Gasteiger partial charge in [-0.1, -0.05) is 78.9 Å². The summed E-state index contributed by atoms with van der Waals surface area (Å²) in [5.41, 5.74) is 7.69. The van der Waals surface area contributed by atoms with Crippen LogP contribution in [0.4, 0.5) is 17.1 Å². The van der Waals surface area contributed by atoms with E-state index in [1.807, 2.05) is 17.4 Å². The maximum atomic E-state index is 6.45. The molecule has 0 bridgehead atoms. The summed E-state index contributed by atoms with van der Waals surface area (Å²) in [4.78, 5) is 2.33. The monoisotopic (exact) mass is 517 g/mol. The van der Waals surface area contributed by atoms with Crippen LogP contribution in [0, 0.1) is 0 Å². The molecule has 3 heteroatoms. The topological polar surface area (TPSA) is 16.4 Å². The summed E-state index contributed by atoms with van der Waals surface area (Å²) in [5.74, 6) is 0. The van der Waals surface area contributed by atoms with Crippen molar-refractivity contribution in [2.75, 3.05) is 4.90 Å². The van der Waals surface area contributed by atoms with E-state index < -0.39 is 0 Å². The molecule has 0 aliphatic heterocycles. The van der Waals surface area contributed by atoms with Gasteiger partial charge in [-0.25, -0.2) is 0 Å². The summed E-state index contributed by atoms with van der Waals surface area (Å²) in [6, 6.07) is 49.5. The molecule has 2 nitrogen and oxygen atoms in total. The third kappa shape index (κ3) is 3.63. The lowest BCUT2D eigenvalue weighted by Gasteiger charge is -2.25. The zero-order valence-corrected chi connectivity index (χ0v) is 21.9. The average Bonchev–Trinajstić information content (AvgIpc) is 3.57. The van der Waals surface area contributed by atoms with Crippen molar-refractivity contribution in [3.63, 3.8) is 0 Å². The van der Waals surface area contributed by atoms with Gasteiger partial charge in [0.1, 0.15) is 11.2 Å². The smallest absolute Gasteiger partial charge is 0.144 e. The highest BCUT2D eigenvalue weighted by Crippen LogP contribution is 2.44. The van der Waals surface area contributed by atoms with Gasteiger partial charge in [0.05, 0.1) is 0 Å². The Labute approximate surface area is 230 Å². The van der Waals surface area contributed by atoms with Gasteiger partial charge in [-0.2, -0.15) is 0 Å². The number of benzene rings is 6. The standard InChI is InChI=1S/C36H23NOS/c1-3-9-24(10-4-1)25-15-17-27(18-16-25)37(26-11-5-2-6-12-26)28-19-21-33-31(23-28)35-34(39-33)22-20-30-29-13-7-8-14-32(29)38-36(30)35/h1-23H. The van der Waals surface area contributed by atoms with Crippen LogP contribution in [0.5, 0.6) is 0 Å². The predicted molar refractivity (Wildman–Crippen MR) is 167 cm³/mol. The molecule has 0 amide bonds. The number of furan rings is 1. The first-order valence-corrected chi connectivity index (χ1v) is 13.9. The van der Waals surface area contributed by atoms with E-state index in [1.165, 1.54) is 36.7 Å². The second-order valence-electron chi connectivity index (χ2n) is 9.78. The number of rotatable bonds is 4. The van der Waals surface area contributed by atoms with Gasteiger partial charge in [0.2, 0.25) is 0 Å². The first-order valence-electron chi connectivity index (χ1n) is 13.1. The van der Waals surface area contributed by atoms with Crippen LogP contribution in [0.1, 0.15) is 0 Å². The molecule has 0 aliphatic carbocycles. The van der Waals surface area contributed by atoms with Crippen molar-refractivity contribution in [1.29, 1.82) is 0 Å². The summed E-state index contributed by atoms with van der Waals surface area (Å²) >= 11 is 1.82. The van der Waals surface area contributed by atoms with Crippen LogP contribution >= 0.6 is 11.3 Å². The summed E-state index contributed by atoms with van der Waals surface area (Å²) < 4.78 is 8.95. The van der Waals surface area contributed by atoms with E-state index in [0.717, 1.165) is 33.6 Å². The van der Waals surface area contributed by atoms with Crippen molar-refractivity contribution in [3.05, 3.63) is 140 Å². The van der Waals surface area contributed by atoms with E-state index in [0.29, 0.717) is 0 Å². The molecular weight excluding hydrogens is 494 g/mol. The zero-order valence-electron chi connectivity index (χ0n) is 21.0. The number of hydrogen-bond donors (Lipinski definition) is 0.